The van der Waals surface area contributed by atoms with Crippen molar-refractivity contribution in [2.45, 2.75) is 43.4 Å². The largest absolute Gasteiger partial charge is 0.322 e. The molecule has 2 heterocycles. The topological polar surface area (TPSA) is 86.8 Å². The van der Waals surface area contributed by atoms with Crippen LogP contribution >= 0.6 is 0 Å². The molecule has 8 heteroatoms. The Morgan fingerprint density at radius 3 is 2.32 bits per heavy atom. The second-order valence-electron chi connectivity index (χ2n) is 8.00. The van der Waals surface area contributed by atoms with Gasteiger partial charge in [-0.2, -0.15) is 4.31 Å². The van der Waals surface area contributed by atoms with E-state index in [1.165, 1.54) is 16.4 Å². The second kappa shape index (κ2) is 9.20. The summed E-state index contributed by atoms with van der Waals surface area (Å²) in [4.78, 5) is 26.7. The summed E-state index contributed by atoms with van der Waals surface area (Å²) in [5.41, 5.74) is 1.58. The fraction of sp³-hybridized carbons (Fsp3) is 0.391. The maximum atomic E-state index is 13.1. The van der Waals surface area contributed by atoms with Crippen LogP contribution in [0.2, 0.25) is 0 Å². The number of hydrogen-bond acceptors (Lipinski definition) is 4. The zero-order chi connectivity index (χ0) is 21.8. The Morgan fingerprint density at radius 1 is 0.871 bits per heavy atom. The Kier molecular flexibility index (Phi) is 6.38. The highest BCUT2D eigenvalue weighted by Gasteiger charge is 2.26. The normalized spacial score (nSPS) is 18.1. The lowest BCUT2D eigenvalue weighted by Crippen LogP contribution is -2.32. The summed E-state index contributed by atoms with van der Waals surface area (Å²) in [6, 6.07) is 13.3. The third-order valence-corrected chi connectivity index (χ3v) is 7.68. The van der Waals surface area contributed by atoms with Crippen LogP contribution in [0.25, 0.3) is 0 Å². The molecule has 2 amide bonds. The van der Waals surface area contributed by atoms with E-state index < -0.39 is 15.9 Å². The van der Waals surface area contributed by atoms with Crippen molar-refractivity contribution < 1.29 is 18.0 Å². The number of anilines is 2. The Bertz CT molecular complexity index is 1080. The second-order valence-corrected chi connectivity index (χ2v) is 9.94. The van der Waals surface area contributed by atoms with E-state index in [-0.39, 0.29) is 16.4 Å². The summed E-state index contributed by atoms with van der Waals surface area (Å²) >= 11 is 0. The molecule has 0 aliphatic carbocycles. The summed E-state index contributed by atoms with van der Waals surface area (Å²) in [5.74, 6) is -0.312. The average molecular weight is 442 g/mol. The van der Waals surface area contributed by atoms with Crippen molar-refractivity contribution in [1.82, 2.24) is 4.31 Å². The van der Waals surface area contributed by atoms with Crippen LogP contribution in [0.4, 0.5) is 11.4 Å². The van der Waals surface area contributed by atoms with E-state index in [4.69, 9.17) is 0 Å². The van der Waals surface area contributed by atoms with Crippen molar-refractivity contribution in [3.05, 3.63) is 54.1 Å². The minimum Gasteiger partial charge on any atom is -0.322 e. The number of amides is 2. The van der Waals surface area contributed by atoms with Gasteiger partial charge in [0.05, 0.1) is 4.90 Å². The molecule has 1 N–H and O–H groups in total. The van der Waals surface area contributed by atoms with E-state index in [0.29, 0.717) is 31.7 Å². The highest BCUT2D eigenvalue weighted by molar-refractivity contribution is 7.89. The van der Waals surface area contributed by atoms with Gasteiger partial charge in [0.1, 0.15) is 0 Å². The molecule has 0 radical (unpaired) electrons. The monoisotopic (exact) mass is 441 g/mol. The maximum Gasteiger partial charge on any atom is 0.255 e. The molecule has 0 unspecified atom stereocenters. The number of benzene rings is 2. The van der Waals surface area contributed by atoms with Gasteiger partial charge in [-0.05, 0) is 55.7 Å². The van der Waals surface area contributed by atoms with E-state index in [9.17, 15) is 18.0 Å². The van der Waals surface area contributed by atoms with Crippen molar-refractivity contribution in [2.75, 3.05) is 29.9 Å². The van der Waals surface area contributed by atoms with Gasteiger partial charge in [0.25, 0.3) is 5.91 Å². The van der Waals surface area contributed by atoms with Gasteiger partial charge in [0.2, 0.25) is 15.9 Å². The van der Waals surface area contributed by atoms with Crippen molar-refractivity contribution in [1.29, 1.82) is 0 Å². The zero-order valence-corrected chi connectivity index (χ0v) is 18.2. The van der Waals surface area contributed by atoms with Gasteiger partial charge in [0, 0.05) is 43.0 Å². The van der Waals surface area contributed by atoms with Crippen LogP contribution in [0.15, 0.2) is 53.4 Å². The SMILES string of the molecule is O=C(Nc1cccc(N2CCCC2=O)c1)c1cccc(S(=O)(=O)N2CCCCCC2)c1. The van der Waals surface area contributed by atoms with Gasteiger partial charge in [-0.3, -0.25) is 9.59 Å². The van der Waals surface area contributed by atoms with Crippen molar-refractivity contribution >= 4 is 33.2 Å². The lowest BCUT2D eigenvalue weighted by molar-refractivity contribution is -0.117. The van der Waals surface area contributed by atoms with E-state index in [0.717, 1.165) is 37.8 Å². The molecule has 2 aromatic carbocycles. The van der Waals surface area contributed by atoms with Crippen LogP contribution in [0.5, 0.6) is 0 Å². The number of carbonyl (C=O) groups is 2. The molecule has 0 spiro atoms. The minimum atomic E-state index is -3.63. The third kappa shape index (κ3) is 4.80. The van der Waals surface area contributed by atoms with E-state index in [2.05, 4.69) is 5.32 Å². The smallest absolute Gasteiger partial charge is 0.255 e. The highest BCUT2D eigenvalue weighted by Crippen LogP contribution is 2.25. The molecule has 0 bridgehead atoms. The van der Waals surface area contributed by atoms with Gasteiger partial charge in [-0.15, -0.1) is 0 Å². The van der Waals surface area contributed by atoms with Gasteiger partial charge in [-0.1, -0.05) is 25.0 Å². The number of nitrogens with one attached hydrogen (secondary N) is 1. The quantitative estimate of drug-likeness (QED) is 0.768. The molecule has 2 aromatic rings. The van der Waals surface area contributed by atoms with Crippen molar-refractivity contribution in [2.24, 2.45) is 0 Å². The molecule has 4 rings (SSSR count). The van der Waals surface area contributed by atoms with Crippen LogP contribution in [0.3, 0.4) is 0 Å². The van der Waals surface area contributed by atoms with E-state index in [1.54, 1.807) is 35.2 Å². The summed E-state index contributed by atoms with van der Waals surface area (Å²) < 4.78 is 27.6. The molecule has 7 nitrogen and oxygen atoms in total. The maximum absolute atomic E-state index is 13.1. The standard InChI is InChI=1S/C23H27N3O4S/c27-22-12-7-15-26(22)20-10-6-9-19(17-20)24-23(28)18-8-5-11-21(16-18)31(29,30)25-13-3-1-2-4-14-25/h5-6,8-11,16-17H,1-4,7,12-15H2,(H,24,28). The van der Waals surface area contributed by atoms with Crippen LogP contribution in [-0.2, 0) is 14.8 Å². The molecular formula is C23H27N3O4S. The van der Waals surface area contributed by atoms with E-state index in [1.807, 2.05) is 6.07 Å². The summed E-state index contributed by atoms with van der Waals surface area (Å²) in [7, 11) is -3.63. The Labute approximate surface area is 183 Å². The molecule has 2 fully saturated rings. The number of nitrogens with zero attached hydrogens (tertiary/aromatic N) is 2. The molecule has 0 saturated carbocycles. The Balaban J connectivity index is 1.52. The van der Waals surface area contributed by atoms with E-state index >= 15 is 0 Å². The fourth-order valence-electron chi connectivity index (χ4n) is 4.10. The molecule has 31 heavy (non-hydrogen) atoms. The number of sulfonamides is 1. The predicted molar refractivity (Wildman–Crippen MR) is 120 cm³/mol. The minimum absolute atomic E-state index is 0.0786. The average Bonchev–Trinajstić information content (AvgIpc) is 3.01. The zero-order valence-electron chi connectivity index (χ0n) is 17.4. The van der Waals surface area contributed by atoms with Crippen molar-refractivity contribution in [3.63, 3.8) is 0 Å². The Hall–Kier alpha value is -2.71. The third-order valence-electron chi connectivity index (χ3n) is 5.79. The summed E-state index contributed by atoms with van der Waals surface area (Å²) in [6.07, 6.45) is 5.15. The van der Waals surface area contributed by atoms with Gasteiger partial charge < -0.3 is 10.2 Å². The number of carbonyl (C=O) groups excluding carboxylic acids is 2. The molecule has 0 aromatic heterocycles. The molecular weight excluding hydrogens is 414 g/mol. The first-order chi connectivity index (χ1) is 14.9. The van der Waals surface area contributed by atoms with Crippen molar-refractivity contribution in [3.8, 4) is 0 Å². The van der Waals surface area contributed by atoms with Gasteiger partial charge >= 0.3 is 0 Å². The first-order valence-electron chi connectivity index (χ1n) is 10.8. The summed E-state index contributed by atoms with van der Waals surface area (Å²) in [6.45, 7) is 1.70. The first-order valence-corrected chi connectivity index (χ1v) is 12.2. The fourth-order valence-corrected chi connectivity index (χ4v) is 5.67. The lowest BCUT2D eigenvalue weighted by atomic mass is 10.2. The number of hydrogen-bond donors (Lipinski definition) is 1. The highest BCUT2D eigenvalue weighted by atomic mass is 32.2. The predicted octanol–water partition coefficient (Wildman–Crippen LogP) is 3.63. The van der Waals surface area contributed by atoms with Crippen LogP contribution in [-0.4, -0.2) is 44.2 Å². The van der Waals surface area contributed by atoms with Crippen LogP contribution < -0.4 is 10.2 Å². The molecule has 164 valence electrons. The molecule has 0 atom stereocenters. The lowest BCUT2D eigenvalue weighted by Gasteiger charge is -2.20. The molecule has 2 saturated heterocycles. The van der Waals surface area contributed by atoms with Gasteiger partial charge in [-0.25, -0.2) is 8.42 Å². The van der Waals surface area contributed by atoms with Crippen LogP contribution in [0, 0.1) is 0 Å². The number of rotatable bonds is 5. The Morgan fingerprint density at radius 2 is 1.61 bits per heavy atom. The molecule has 2 aliphatic rings. The summed E-state index contributed by atoms with van der Waals surface area (Å²) in [5, 5.41) is 2.82. The van der Waals surface area contributed by atoms with Crippen LogP contribution in [0.1, 0.15) is 48.9 Å². The first kappa shape index (κ1) is 21.5. The molecule has 2 aliphatic heterocycles. The van der Waals surface area contributed by atoms with Gasteiger partial charge in [0.15, 0.2) is 0 Å².